The zero-order valence-corrected chi connectivity index (χ0v) is 16.8. The average Bonchev–Trinajstić information content (AvgIpc) is 3.32. The molecule has 0 spiro atoms. The minimum atomic E-state index is -0.309. The summed E-state index contributed by atoms with van der Waals surface area (Å²) in [6.45, 7) is 4.13. The minimum absolute atomic E-state index is 0.0349. The molecule has 4 rings (SSSR count). The minimum Gasteiger partial charge on any atom is -0.378 e. The van der Waals surface area contributed by atoms with Crippen LogP contribution in [0.25, 0.3) is 16.4 Å². The molecule has 1 saturated heterocycles. The molecule has 1 aliphatic rings. The number of thiazole rings is 1. The first kappa shape index (κ1) is 19.5. The van der Waals surface area contributed by atoms with E-state index in [1.165, 1.54) is 28.2 Å². The number of morpholine rings is 1. The van der Waals surface area contributed by atoms with E-state index in [9.17, 15) is 14.0 Å². The largest absolute Gasteiger partial charge is 0.378 e. The van der Waals surface area contributed by atoms with Gasteiger partial charge in [0, 0.05) is 41.7 Å². The highest BCUT2D eigenvalue weighted by atomic mass is 32.1. The molecule has 7 nitrogen and oxygen atoms in total. The Labute approximate surface area is 170 Å². The lowest BCUT2D eigenvalue weighted by molar-refractivity contribution is -0.135. The van der Waals surface area contributed by atoms with Crippen LogP contribution in [0.3, 0.4) is 0 Å². The number of aromatic amines is 1. The van der Waals surface area contributed by atoms with Gasteiger partial charge in [-0.1, -0.05) is 0 Å². The van der Waals surface area contributed by atoms with Gasteiger partial charge < -0.3 is 9.64 Å². The molecule has 0 bridgehead atoms. The Balaban J connectivity index is 1.51. The fourth-order valence-corrected chi connectivity index (χ4v) is 4.12. The zero-order chi connectivity index (χ0) is 20.4. The average molecular weight is 416 g/mol. The van der Waals surface area contributed by atoms with Crippen LogP contribution in [0.1, 0.15) is 17.7 Å². The molecule has 0 saturated carbocycles. The Morgan fingerprint density at radius 2 is 2.00 bits per heavy atom. The number of H-pyrrole nitrogens is 1. The van der Waals surface area contributed by atoms with Crippen molar-refractivity contribution in [1.29, 1.82) is 0 Å². The lowest BCUT2D eigenvalue weighted by Gasteiger charge is -2.26. The topological polar surface area (TPSA) is 80.2 Å². The fourth-order valence-electron chi connectivity index (χ4n) is 3.33. The van der Waals surface area contributed by atoms with Gasteiger partial charge in [-0.3, -0.25) is 14.7 Å². The predicted molar refractivity (Wildman–Crippen MR) is 108 cm³/mol. The van der Waals surface area contributed by atoms with E-state index in [1.807, 2.05) is 12.3 Å². The van der Waals surface area contributed by atoms with Gasteiger partial charge in [0.1, 0.15) is 5.82 Å². The first-order valence-electron chi connectivity index (χ1n) is 9.41. The number of nitrogens with zero attached hydrogens (tertiary/aromatic N) is 3. The maximum absolute atomic E-state index is 13.1. The standard InChI is InChI=1S/C20H21FN4O3S/c1-13-16(6-7-18(26)24-8-10-28-11-9-24)19(27)25(23-13)20-22-17(12-29-20)14-2-4-15(21)5-3-14/h2-5,12,23H,6-11H2,1H3. The Morgan fingerprint density at radius 1 is 1.28 bits per heavy atom. The van der Waals surface area contributed by atoms with E-state index in [-0.39, 0.29) is 23.7 Å². The summed E-state index contributed by atoms with van der Waals surface area (Å²) >= 11 is 1.32. The fraction of sp³-hybridized carbons (Fsp3) is 0.350. The molecule has 0 aliphatic carbocycles. The first-order chi connectivity index (χ1) is 14.0. The van der Waals surface area contributed by atoms with Crippen LogP contribution in [0.2, 0.25) is 0 Å². The summed E-state index contributed by atoms with van der Waals surface area (Å²) in [5.74, 6) is -0.274. The number of benzene rings is 1. The number of ether oxygens (including phenoxy) is 1. The van der Waals surface area contributed by atoms with Gasteiger partial charge in [0.15, 0.2) is 0 Å². The van der Waals surface area contributed by atoms with Crippen LogP contribution in [-0.2, 0) is 16.0 Å². The normalized spacial score (nSPS) is 14.3. The second-order valence-corrected chi connectivity index (χ2v) is 7.71. The van der Waals surface area contributed by atoms with Crippen molar-refractivity contribution in [3.63, 3.8) is 0 Å². The van der Waals surface area contributed by atoms with Crippen molar-refractivity contribution in [3.8, 4) is 16.4 Å². The van der Waals surface area contributed by atoms with E-state index < -0.39 is 0 Å². The molecule has 0 atom stereocenters. The molecule has 1 aliphatic heterocycles. The van der Waals surface area contributed by atoms with Crippen molar-refractivity contribution in [3.05, 3.63) is 57.1 Å². The number of halogens is 1. The Morgan fingerprint density at radius 3 is 2.72 bits per heavy atom. The summed E-state index contributed by atoms with van der Waals surface area (Å²) in [5, 5.41) is 5.38. The van der Waals surface area contributed by atoms with Gasteiger partial charge in [-0.25, -0.2) is 9.37 Å². The van der Waals surface area contributed by atoms with E-state index in [2.05, 4.69) is 10.1 Å². The number of aryl methyl sites for hydroxylation is 1. The molecule has 1 amide bonds. The van der Waals surface area contributed by atoms with Crippen molar-refractivity contribution in [2.24, 2.45) is 0 Å². The quantitative estimate of drug-likeness (QED) is 0.693. The van der Waals surface area contributed by atoms with Crippen molar-refractivity contribution in [2.75, 3.05) is 26.3 Å². The second-order valence-electron chi connectivity index (χ2n) is 6.87. The van der Waals surface area contributed by atoms with Gasteiger partial charge >= 0.3 is 0 Å². The maximum Gasteiger partial charge on any atom is 0.276 e. The molecule has 152 valence electrons. The maximum atomic E-state index is 13.1. The highest BCUT2D eigenvalue weighted by molar-refractivity contribution is 7.12. The number of rotatable bonds is 5. The van der Waals surface area contributed by atoms with Crippen LogP contribution in [0.4, 0.5) is 4.39 Å². The van der Waals surface area contributed by atoms with Gasteiger partial charge in [0.25, 0.3) is 5.56 Å². The van der Waals surface area contributed by atoms with Crippen molar-refractivity contribution in [2.45, 2.75) is 19.8 Å². The van der Waals surface area contributed by atoms with Crippen LogP contribution in [0.5, 0.6) is 0 Å². The molecule has 1 fully saturated rings. The number of carbonyl (C=O) groups excluding carboxylic acids is 1. The van der Waals surface area contributed by atoms with Gasteiger partial charge in [-0.05, 0) is 37.6 Å². The lowest BCUT2D eigenvalue weighted by atomic mass is 10.1. The van der Waals surface area contributed by atoms with E-state index in [1.54, 1.807) is 17.0 Å². The van der Waals surface area contributed by atoms with Gasteiger partial charge in [0.2, 0.25) is 11.0 Å². The number of amides is 1. The summed E-state index contributed by atoms with van der Waals surface area (Å²) < 4.78 is 19.8. The molecule has 29 heavy (non-hydrogen) atoms. The molecule has 0 radical (unpaired) electrons. The first-order valence-corrected chi connectivity index (χ1v) is 10.3. The highest BCUT2D eigenvalue weighted by Crippen LogP contribution is 2.24. The lowest BCUT2D eigenvalue weighted by Crippen LogP contribution is -2.40. The van der Waals surface area contributed by atoms with Crippen LogP contribution in [0, 0.1) is 12.7 Å². The van der Waals surface area contributed by atoms with E-state index in [4.69, 9.17) is 4.74 Å². The summed E-state index contributed by atoms with van der Waals surface area (Å²) in [6.07, 6.45) is 0.660. The third-order valence-electron chi connectivity index (χ3n) is 4.97. The summed E-state index contributed by atoms with van der Waals surface area (Å²) in [6, 6.07) is 6.06. The van der Waals surface area contributed by atoms with Gasteiger partial charge in [0.05, 0.1) is 18.9 Å². The molecule has 1 N–H and O–H groups in total. The second kappa shape index (κ2) is 8.30. The molecule has 0 unspecified atom stereocenters. The number of carbonyl (C=O) groups is 1. The SMILES string of the molecule is Cc1[nH]n(-c2nc(-c3ccc(F)cc3)cs2)c(=O)c1CCC(=O)N1CCOCC1. The predicted octanol–water partition coefficient (Wildman–Crippen LogP) is 2.53. The van der Waals surface area contributed by atoms with Crippen LogP contribution >= 0.6 is 11.3 Å². The van der Waals surface area contributed by atoms with Gasteiger partial charge in [-0.2, -0.15) is 4.68 Å². The molecular weight excluding hydrogens is 395 g/mol. The van der Waals surface area contributed by atoms with E-state index >= 15 is 0 Å². The summed E-state index contributed by atoms with van der Waals surface area (Å²) in [5.41, 5.74) is 2.57. The number of nitrogens with one attached hydrogen (secondary N) is 1. The molecule has 3 heterocycles. The van der Waals surface area contributed by atoms with Crippen molar-refractivity contribution >= 4 is 17.2 Å². The monoisotopic (exact) mass is 416 g/mol. The third kappa shape index (κ3) is 4.15. The van der Waals surface area contributed by atoms with Crippen molar-refractivity contribution < 1.29 is 13.9 Å². The summed E-state index contributed by atoms with van der Waals surface area (Å²) in [4.78, 5) is 31.5. The Kier molecular flexibility index (Phi) is 5.59. The van der Waals surface area contributed by atoms with Crippen LogP contribution in [0.15, 0.2) is 34.4 Å². The molecule has 3 aromatic rings. The van der Waals surface area contributed by atoms with E-state index in [0.717, 1.165) is 11.3 Å². The van der Waals surface area contributed by atoms with E-state index in [0.29, 0.717) is 49.1 Å². The highest BCUT2D eigenvalue weighted by Gasteiger charge is 2.20. The molecule has 2 aromatic heterocycles. The molecular formula is C20H21FN4O3S. The van der Waals surface area contributed by atoms with Crippen molar-refractivity contribution in [1.82, 2.24) is 19.7 Å². The zero-order valence-electron chi connectivity index (χ0n) is 16.0. The molecule has 9 heteroatoms. The number of hydrogen-bond donors (Lipinski definition) is 1. The Bertz CT molecular complexity index is 1060. The summed E-state index contributed by atoms with van der Waals surface area (Å²) in [7, 11) is 0. The number of aromatic nitrogens is 3. The van der Waals surface area contributed by atoms with Crippen LogP contribution in [-0.4, -0.2) is 51.9 Å². The molecule has 1 aromatic carbocycles. The van der Waals surface area contributed by atoms with Gasteiger partial charge in [-0.15, -0.1) is 11.3 Å². The van der Waals surface area contributed by atoms with Crippen LogP contribution < -0.4 is 5.56 Å². The smallest absolute Gasteiger partial charge is 0.276 e. The number of hydrogen-bond acceptors (Lipinski definition) is 5. The Hall–Kier alpha value is -2.78. The third-order valence-corrected chi connectivity index (χ3v) is 5.80.